The van der Waals surface area contributed by atoms with Crippen LogP contribution in [0, 0.1) is 23.2 Å². The zero-order chi connectivity index (χ0) is 14.6. The Morgan fingerprint density at radius 3 is 2.32 bits per heavy atom. The molecule has 2 rings (SSSR count). The van der Waals surface area contributed by atoms with Crippen molar-refractivity contribution >= 4 is 11.8 Å². The zero-order valence-electron chi connectivity index (χ0n) is 12.4. The maximum atomic E-state index is 12.6. The van der Waals surface area contributed by atoms with E-state index in [0.29, 0.717) is 12.8 Å². The van der Waals surface area contributed by atoms with Gasteiger partial charge in [0.25, 0.3) is 0 Å². The van der Waals surface area contributed by atoms with Crippen LogP contribution in [-0.4, -0.2) is 28.6 Å². The van der Waals surface area contributed by atoms with Crippen molar-refractivity contribution in [2.45, 2.75) is 59.2 Å². The Kier molecular flexibility index (Phi) is 3.28. The topological polar surface area (TPSA) is 63.6 Å². The highest BCUT2D eigenvalue weighted by Gasteiger charge is 2.66. The second-order valence-corrected chi connectivity index (χ2v) is 7.18. The molecular weight excluding hydrogens is 244 g/mol. The number of carbonyl (C=O) groups excluding carboxylic acids is 2. The molecule has 0 aromatic heterocycles. The van der Waals surface area contributed by atoms with Crippen molar-refractivity contribution in [3.8, 4) is 0 Å². The average Bonchev–Trinajstić information content (AvgIpc) is 2.42. The van der Waals surface area contributed by atoms with Crippen LogP contribution in [0.5, 0.6) is 0 Å². The normalized spacial score (nSPS) is 42.3. The molecular formula is C15H24O4. The van der Waals surface area contributed by atoms with Crippen molar-refractivity contribution < 1.29 is 19.4 Å². The Morgan fingerprint density at radius 1 is 1.26 bits per heavy atom. The smallest absolute Gasteiger partial charge is 0.320 e. The van der Waals surface area contributed by atoms with Gasteiger partial charge in [0.1, 0.15) is 11.0 Å². The van der Waals surface area contributed by atoms with E-state index in [0.717, 1.165) is 0 Å². The molecule has 2 aliphatic rings. The van der Waals surface area contributed by atoms with Crippen molar-refractivity contribution in [1.82, 2.24) is 0 Å². The summed E-state index contributed by atoms with van der Waals surface area (Å²) in [7, 11) is 0. The molecule has 4 heteroatoms. The number of hydrogen-bond acceptors (Lipinski definition) is 4. The first-order valence-corrected chi connectivity index (χ1v) is 7.06. The van der Waals surface area contributed by atoms with E-state index in [1.54, 1.807) is 0 Å². The first kappa shape index (κ1) is 14.5. The summed E-state index contributed by atoms with van der Waals surface area (Å²) < 4.78 is 5.50. The number of Topliss-reactive ketones (excluding diaryl/α,β-unsaturated/α-hetero) is 1. The van der Waals surface area contributed by atoms with Gasteiger partial charge < -0.3 is 9.84 Å². The molecule has 4 nitrogen and oxygen atoms in total. The van der Waals surface area contributed by atoms with Gasteiger partial charge in [-0.3, -0.25) is 9.59 Å². The van der Waals surface area contributed by atoms with Gasteiger partial charge >= 0.3 is 5.97 Å². The van der Waals surface area contributed by atoms with Gasteiger partial charge in [-0.1, -0.05) is 13.8 Å². The van der Waals surface area contributed by atoms with Crippen molar-refractivity contribution in [3.63, 3.8) is 0 Å². The molecule has 2 saturated carbocycles. The number of aliphatic hydroxyl groups excluding tert-OH is 1. The number of carbonyl (C=O) groups is 2. The summed E-state index contributed by atoms with van der Waals surface area (Å²) in [5, 5.41) is 10.0. The van der Waals surface area contributed by atoms with E-state index in [4.69, 9.17) is 4.74 Å². The summed E-state index contributed by atoms with van der Waals surface area (Å²) in [6.07, 6.45) is 0.479. The Balaban J connectivity index is 2.39. The predicted octanol–water partition coefficient (Wildman–Crippen LogP) is 1.94. The van der Waals surface area contributed by atoms with Crippen LogP contribution in [0.15, 0.2) is 0 Å². The van der Waals surface area contributed by atoms with Gasteiger partial charge in [-0.2, -0.15) is 0 Å². The minimum absolute atomic E-state index is 0.0630. The van der Waals surface area contributed by atoms with Crippen LogP contribution in [0.4, 0.5) is 0 Å². The number of ether oxygens (including phenoxy) is 1. The van der Waals surface area contributed by atoms with Crippen molar-refractivity contribution in [2.75, 3.05) is 0 Å². The van der Waals surface area contributed by atoms with Gasteiger partial charge in [-0.05, 0) is 45.4 Å². The number of ketones is 1. The fourth-order valence-corrected chi connectivity index (χ4v) is 3.86. The van der Waals surface area contributed by atoms with E-state index in [-0.39, 0.29) is 17.6 Å². The maximum Gasteiger partial charge on any atom is 0.320 e. The van der Waals surface area contributed by atoms with Crippen molar-refractivity contribution in [1.29, 1.82) is 0 Å². The summed E-state index contributed by atoms with van der Waals surface area (Å²) in [5.41, 5.74) is -1.64. The van der Waals surface area contributed by atoms with Crippen molar-refractivity contribution in [3.05, 3.63) is 0 Å². The summed E-state index contributed by atoms with van der Waals surface area (Å²) >= 11 is 0. The first-order valence-electron chi connectivity index (χ1n) is 7.06. The third-order valence-electron chi connectivity index (χ3n) is 4.70. The molecule has 0 heterocycles. The first-order chi connectivity index (χ1) is 8.60. The van der Waals surface area contributed by atoms with Crippen LogP contribution in [-0.2, 0) is 14.3 Å². The van der Waals surface area contributed by atoms with Crippen LogP contribution < -0.4 is 0 Å². The zero-order valence-corrected chi connectivity index (χ0v) is 12.4. The molecule has 0 saturated heterocycles. The maximum absolute atomic E-state index is 12.6. The predicted molar refractivity (Wildman–Crippen MR) is 70.3 cm³/mol. The Morgan fingerprint density at radius 2 is 1.79 bits per heavy atom. The summed E-state index contributed by atoms with van der Waals surface area (Å²) in [6.45, 7) is 9.24. The largest absolute Gasteiger partial charge is 0.459 e. The monoisotopic (exact) mass is 268 g/mol. The SMILES string of the molecule is C[C@@H]1C[C@@H]2C(=O)[C@@]1(C(=O)OC(C)(C)C)[C@@H](C)C[C@H]2O. The van der Waals surface area contributed by atoms with E-state index in [1.165, 1.54) is 0 Å². The van der Waals surface area contributed by atoms with E-state index in [2.05, 4.69) is 0 Å². The lowest BCUT2D eigenvalue weighted by molar-refractivity contribution is -0.179. The molecule has 5 atom stereocenters. The highest BCUT2D eigenvalue weighted by molar-refractivity contribution is 6.08. The molecule has 2 bridgehead atoms. The Hall–Kier alpha value is -0.900. The molecule has 2 aliphatic carbocycles. The number of aliphatic hydroxyl groups is 1. The Bertz CT molecular complexity index is 409. The number of esters is 1. The lowest BCUT2D eigenvalue weighted by Gasteiger charge is -2.41. The minimum atomic E-state index is -1.04. The molecule has 0 amide bonds. The fourth-order valence-electron chi connectivity index (χ4n) is 3.86. The summed E-state index contributed by atoms with van der Waals surface area (Å²) in [5.74, 6) is -1.13. The molecule has 0 spiro atoms. The quantitative estimate of drug-likeness (QED) is 0.583. The van der Waals surface area contributed by atoms with Gasteiger partial charge in [-0.15, -0.1) is 0 Å². The number of rotatable bonds is 1. The minimum Gasteiger partial charge on any atom is -0.459 e. The second kappa shape index (κ2) is 4.30. The van der Waals surface area contributed by atoms with Gasteiger partial charge in [0.15, 0.2) is 5.78 Å². The van der Waals surface area contributed by atoms with E-state index in [9.17, 15) is 14.7 Å². The van der Waals surface area contributed by atoms with E-state index in [1.807, 2.05) is 34.6 Å². The second-order valence-electron chi connectivity index (χ2n) is 7.18. The highest BCUT2D eigenvalue weighted by Crippen LogP contribution is 2.56. The molecule has 0 radical (unpaired) electrons. The standard InChI is InChI=1S/C15H24O4/c1-8-6-10-11(16)7-9(2)15(8,12(10)17)13(18)19-14(3,4)5/h8-11,16H,6-7H2,1-5H3/t8-,9+,10+,11-,15+/m1/s1. The summed E-state index contributed by atoms with van der Waals surface area (Å²) in [4.78, 5) is 25.2. The van der Waals surface area contributed by atoms with Crippen LogP contribution in [0.25, 0.3) is 0 Å². The van der Waals surface area contributed by atoms with Crippen LogP contribution in [0.1, 0.15) is 47.5 Å². The molecule has 0 aromatic carbocycles. The molecule has 19 heavy (non-hydrogen) atoms. The lowest BCUT2D eigenvalue weighted by Crippen LogP contribution is -2.53. The molecule has 0 unspecified atom stereocenters. The number of fused-ring (bicyclic) bond motifs is 2. The fraction of sp³-hybridized carbons (Fsp3) is 0.867. The number of hydrogen-bond donors (Lipinski definition) is 1. The van der Waals surface area contributed by atoms with E-state index < -0.39 is 29.0 Å². The third-order valence-corrected chi connectivity index (χ3v) is 4.70. The molecule has 2 fully saturated rings. The van der Waals surface area contributed by atoms with E-state index >= 15 is 0 Å². The lowest BCUT2D eigenvalue weighted by atomic mass is 9.63. The van der Waals surface area contributed by atoms with Gasteiger partial charge in [-0.25, -0.2) is 0 Å². The summed E-state index contributed by atoms with van der Waals surface area (Å²) in [6, 6.07) is 0. The van der Waals surface area contributed by atoms with Crippen LogP contribution >= 0.6 is 0 Å². The van der Waals surface area contributed by atoms with Crippen LogP contribution in [0.3, 0.4) is 0 Å². The average molecular weight is 268 g/mol. The molecule has 1 N–H and O–H groups in total. The van der Waals surface area contributed by atoms with Gasteiger partial charge in [0.05, 0.1) is 6.10 Å². The Labute approximate surface area is 114 Å². The van der Waals surface area contributed by atoms with Crippen LogP contribution in [0.2, 0.25) is 0 Å². The highest BCUT2D eigenvalue weighted by atomic mass is 16.6. The third kappa shape index (κ3) is 2.00. The molecule has 0 aromatic rings. The van der Waals surface area contributed by atoms with Gasteiger partial charge in [0.2, 0.25) is 0 Å². The molecule has 108 valence electrons. The van der Waals surface area contributed by atoms with Crippen molar-refractivity contribution in [2.24, 2.45) is 23.2 Å². The van der Waals surface area contributed by atoms with Gasteiger partial charge in [0, 0.05) is 5.92 Å². The molecule has 0 aliphatic heterocycles.